The van der Waals surface area contributed by atoms with E-state index >= 15 is 0 Å². The number of rotatable bonds is 4. The van der Waals surface area contributed by atoms with Crippen LogP contribution in [0.3, 0.4) is 0 Å². The topological polar surface area (TPSA) is 76.3 Å². The van der Waals surface area contributed by atoms with Gasteiger partial charge >= 0.3 is 0 Å². The Balaban J connectivity index is 1.32. The fourth-order valence-electron chi connectivity index (χ4n) is 4.46. The predicted molar refractivity (Wildman–Crippen MR) is 105 cm³/mol. The lowest BCUT2D eigenvalue weighted by Crippen LogP contribution is -2.52. The molecule has 2 fully saturated rings. The third-order valence-corrected chi connectivity index (χ3v) is 6.09. The summed E-state index contributed by atoms with van der Waals surface area (Å²) in [5.74, 6) is 0.398. The van der Waals surface area contributed by atoms with E-state index in [1.165, 1.54) is 0 Å². The highest BCUT2D eigenvalue weighted by Gasteiger charge is 2.47. The number of hydrogen-bond donors (Lipinski definition) is 1. The largest absolute Gasteiger partial charge is 0.507 e. The molecule has 0 unspecified atom stereocenters. The van der Waals surface area contributed by atoms with Crippen LogP contribution >= 0.6 is 0 Å². The quantitative estimate of drug-likeness (QED) is 0.732. The molecule has 1 aromatic carbocycles. The van der Waals surface area contributed by atoms with E-state index in [0.29, 0.717) is 29.6 Å². The molecule has 2 aliphatic heterocycles. The van der Waals surface area contributed by atoms with Crippen LogP contribution in [0.5, 0.6) is 11.6 Å². The van der Waals surface area contributed by atoms with E-state index in [0.717, 1.165) is 18.5 Å². The SMILES string of the molecule is CN1[C@@H]2CC[C@H]1[C@@H](F)[C@H](Oc1ccc(-c3ccc(-n4ccnc4)cc3O)nn1)C2. The molecule has 5 rings (SSSR count). The van der Waals surface area contributed by atoms with Crippen LogP contribution in [0.15, 0.2) is 49.1 Å². The fourth-order valence-corrected chi connectivity index (χ4v) is 4.46. The summed E-state index contributed by atoms with van der Waals surface area (Å²) in [5.41, 5.74) is 1.88. The highest BCUT2D eigenvalue weighted by atomic mass is 19.1. The van der Waals surface area contributed by atoms with Crippen molar-refractivity contribution in [1.82, 2.24) is 24.6 Å². The molecule has 7 nitrogen and oxygen atoms in total. The van der Waals surface area contributed by atoms with Gasteiger partial charge in [0.2, 0.25) is 5.88 Å². The molecule has 29 heavy (non-hydrogen) atoms. The number of benzene rings is 1. The molecule has 2 aliphatic rings. The Bertz CT molecular complexity index is 995. The molecule has 150 valence electrons. The van der Waals surface area contributed by atoms with Crippen molar-refractivity contribution < 1.29 is 14.2 Å². The zero-order valence-corrected chi connectivity index (χ0v) is 16.0. The zero-order chi connectivity index (χ0) is 20.0. The number of halogens is 1. The number of aromatic hydroxyl groups is 1. The van der Waals surface area contributed by atoms with Crippen LogP contribution < -0.4 is 4.74 Å². The zero-order valence-electron chi connectivity index (χ0n) is 16.0. The summed E-state index contributed by atoms with van der Waals surface area (Å²) < 4.78 is 22.4. The van der Waals surface area contributed by atoms with Gasteiger partial charge in [-0.05, 0) is 38.1 Å². The highest BCUT2D eigenvalue weighted by molar-refractivity contribution is 5.68. The molecule has 4 heterocycles. The number of ether oxygens (including phenoxy) is 1. The molecule has 3 aromatic rings. The number of hydrogen-bond acceptors (Lipinski definition) is 6. The Labute approximate surface area is 167 Å². The summed E-state index contributed by atoms with van der Waals surface area (Å²) >= 11 is 0. The Morgan fingerprint density at radius 2 is 2.07 bits per heavy atom. The molecule has 8 heteroatoms. The Morgan fingerprint density at radius 3 is 2.79 bits per heavy atom. The molecule has 2 bridgehead atoms. The van der Waals surface area contributed by atoms with Crippen molar-refractivity contribution >= 4 is 0 Å². The van der Waals surface area contributed by atoms with Crippen molar-refractivity contribution in [2.24, 2.45) is 0 Å². The van der Waals surface area contributed by atoms with Gasteiger partial charge in [-0.3, -0.25) is 4.90 Å². The van der Waals surface area contributed by atoms with E-state index in [2.05, 4.69) is 20.1 Å². The molecule has 0 amide bonds. The molecule has 0 spiro atoms. The Hall–Kier alpha value is -3.00. The van der Waals surface area contributed by atoms with E-state index < -0.39 is 12.3 Å². The normalized spacial score (nSPS) is 26.6. The maximum absolute atomic E-state index is 14.8. The average Bonchev–Trinajstić information content (AvgIpc) is 3.35. The van der Waals surface area contributed by atoms with Gasteiger partial charge in [-0.25, -0.2) is 9.37 Å². The number of fused-ring (bicyclic) bond motifs is 2. The maximum Gasteiger partial charge on any atom is 0.233 e. The molecule has 0 saturated carbocycles. The molecule has 2 saturated heterocycles. The summed E-state index contributed by atoms with van der Waals surface area (Å²) in [6.45, 7) is 0. The van der Waals surface area contributed by atoms with Crippen molar-refractivity contribution in [3.8, 4) is 28.6 Å². The first kappa shape index (κ1) is 18.1. The summed E-state index contributed by atoms with van der Waals surface area (Å²) in [6.07, 6.45) is 6.16. The number of phenolic OH excluding ortho intramolecular Hbond substituents is 1. The first-order valence-electron chi connectivity index (χ1n) is 9.78. The molecule has 1 N–H and O–H groups in total. The lowest BCUT2D eigenvalue weighted by Gasteiger charge is -2.38. The number of alkyl halides is 1. The van der Waals surface area contributed by atoms with Gasteiger partial charge in [0.15, 0.2) is 6.17 Å². The third kappa shape index (κ3) is 3.23. The van der Waals surface area contributed by atoms with Crippen LogP contribution in [0.25, 0.3) is 16.9 Å². The van der Waals surface area contributed by atoms with Gasteiger partial charge in [-0.1, -0.05) is 0 Å². The van der Waals surface area contributed by atoms with Gasteiger partial charge in [-0.15, -0.1) is 10.2 Å². The molecule has 4 atom stereocenters. The monoisotopic (exact) mass is 395 g/mol. The second-order valence-electron chi connectivity index (χ2n) is 7.73. The van der Waals surface area contributed by atoms with Crippen LogP contribution in [0.4, 0.5) is 4.39 Å². The number of aromatic nitrogens is 4. The summed E-state index contributed by atoms with van der Waals surface area (Å²) in [6, 6.07) is 8.99. The molecular formula is C21H22FN5O2. The van der Waals surface area contributed by atoms with Crippen molar-refractivity contribution in [1.29, 1.82) is 0 Å². The second-order valence-corrected chi connectivity index (χ2v) is 7.73. The fraction of sp³-hybridized carbons (Fsp3) is 0.381. The van der Waals surface area contributed by atoms with E-state index in [1.807, 2.05) is 13.1 Å². The van der Waals surface area contributed by atoms with Gasteiger partial charge in [-0.2, -0.15) is 0 Å². The number of nitrogens with zero attached hydrogens (tertiary/aromatic N) is 5. The molecule has 2 aromatic heterocycles. The number of phenols is 1. The summed E-state index contributed by atoms with van der Waals surface area (Å²) in [5, 5.41) is 18.7. The van der Waals surface area contributed by atoms with Gasteiger partial charge in [0.05, 0.1) is 17.7 Å². The summed E-state index contributed by atoms with van der Waals surface area (Å²) in [7, 11) is 1.99. The molecule has 0 aliphatic carbocycles. The standard InChI is InChI=1S/C21H22FN5O2/c1-26-13-3-6-17(26)21(22)19(11-13)29-20-7-5-16(24-25-20)15-4-2-14(10-18(15)28)27-9-8-23-12-27/h2,4-5,7-10,12-13,17,19,21,28H,3,6,11H2,1H3/t13-,17+,19-,21-/m1/s1. The Kier molecular flexibility index (Phi) is 4.43. The number of imidazole rings is 1. The van der Waals surface area contributed by atoms with Crippen LogP contribution in [-0.2, 0) is 0 Å². The van der Waals surface area contributed by atoms with Gasteiger partial charge in [0.25, 0.3) is 0 Å². The predicted octanol–water partition coefficient (Wildman–Crippen LogP) is 2.99. The second kappa shape index (κ2) is 7.11. The van der Waals surface area contributed by atoms with Gasteiger partial charge in [0.1, 0.15) is 11.9 Å². The first-order chi connectivity index (χ1) is 14.1. The van der Waals surface area contributed by atoms with Crippen LogP contribution in [-0.4, -0.2) is 61.2 Å². The first-order valence-corrected chi connectivity index (χ1v) is 9.78. The van der Waals surface area contributed by atoms with Crippen LogP contribution in [0, 0.1) is 0 Å². The maximum atomic E-state index is 14.8. The minimum atomic E-state index is -1.03. The lowest BCUT2D eigenvalue weighted by molar-refractivity contribution is -0.0134. The van der Waals surface area contributed by atoms with Gasteiger partial charge in [0, 0.05) is 48.6 Å². The van der Waals surface area contributed by atoms with Crippen molar-refractivity contribution in [3.05, 3.63) is 49.1 Å². The lowest BCUT2D eigenvalue weighted by atomic mass is 9.98. The third-order valence-electron chi connectivity index (χ3n) is 6.09. The van der Waals surface area contributed by atoms with Crippen molar-refractivity contribution in [3.63, 3.8) is 0 Å². The van der Waals surface area contributed by atoms with E-state index in [9.17, 15) is 9.50 Å². The number of piperidine rings is 1. The van der Waals surface area contributed by atoms with E-state index in [-0.39, 0.29) is 11.8 Å². The smallest absolute Gasteiger partial charge is 0.233 e. The summed E-state index contributed by atoms with van der Waals surface area (Å²) in [4.78, 5) is 6.14. The van der Waals surface area contributed by atoms with Crippen LogP contribution in [0.1, 0.15) is 19.3 Å². The van der Waals surface area contributed by atoms with Crippen molar-refractivity contribution in [2.45, 2.75) is 43.6 Å². The average molecular weight is 395 g/mol. The van der Waals surface area contributed by atoms with Crippen LogP contribution in [0.2, 0.25) is 0 Å². The highest BCUT2D eigenvalue weighted by Crippen LogP contribution is 2.37. The molecule has 0 radical (unpaired) electrons. The molecular weight excluding hydrogens is 373 g/mol. The minimum Gasteiger partial charge on any atom is -0.507 e. The Morgan fingerprint density at radius 1 is 1.17 bits per heavy atom. The van der Waals surface area contributed by atoms with E-state index in [1.54, 1.807) is 47.6 Å². The van der Waals surface area contributed by atoms with Crippen molar-refractivity contribution in [2.75, 3.05) is 7.05 Å². The van der Waals surface area contributed by atoms with Gasteiger partial charge < -0.3 is 14.4 Å². The van der Waals surface area contributed by atoms with E-state index in [4.69, 9.17) is 4.74 Å². The minimum absolute atomic E-state index is 0.0723.